The van der Waals surface area contributed by atoms with Crippen molar-refractivity contribution in [3.05, 3.63) is 87.9 Å². The Bertz CT molecular complexity index is 1490. The fourth-order valence-electron chi connectivity index (χ4n) is 4.21. The lowest BCUT2D eigenvalue weighted by molar-refractivity contribution is -0.137. The van der Waals surface area contributed by atoms with Crippen molar-refractivity contribution < 1.29 is 31.8 Å². The smallest absolute Gasteiger partial charge is 0.303 e. The SMILES string of the molecule is C/C(=C\c1cc2c(cc1F)O[C@@H](CCC(=O)O)CN2S(=O)(=O)c1cccc(C)c1)c1c(F)cccc1Cl. The summed E-state index contributed by atoms with van der Waals surface area (Å²) in [6.45, 7) is 3.17. The summed E-state index contributed by atoms with van der Waals surface area (Å²) in [7, 11) is -4.11. The van der Waals surface area contributed by atoms with Gasteiger partial charge in [0.2, 0.25) is 0 Å². The Balaban J connectivity index is 1.83. The van der Waals surface area contributed by atoms with Crippen LogP contribution in [0, 0.1) is 18.6 Å². The van der Waals surface area contributed by atoms with Gasteiger partial charge in [0.15, 0.2) is 0 Å². The molecular formula is C27H24ClF2NO5S. The molecule has 37 heavy (non-hydrogen) atoms. The molecule has 0 saturated carbocycles. The molecule has 1 aliphatic rings. The number of carbonyl (C=O) groups is 1. The zero-order chi connectivity index (χ0) is 26.9. The summed E-state index contributed by atoms with van der Waals surface area (Å²) >= 11 is 6.15. The van der Waals surface area contributed by atoms with Gasteiger partial charge in [-0.2, -0.15) is 0 Å². The fraction of sp³-hybridized carbons (Fsp3) is 0.222. The first-order valence-corrected chi connectivity index (χ1v) is 13.2. The van der Waals surface area contributed by atoms with Crippen molar-refractivity contribution in [1.82, 2.24) is 0 Å². The highest BCUT2D eigenvalue weighted by molar-refractivity contribution is 7.92. The van der Waals surface area contributed by atoms with E-state index in [2.05, 4.69) is 0 Å². The minimum absolute atomic E-state index is 0.00704. The molecule has 10 heteroatoms. The monoisotopic (exact) mass is 547 g/mol. The van der Waals surface area contributed by atoms with Crippen LogP contribution in [0.1, 0.15) is 36.5 Å². The maximum absolute atomic E-state index is 15.2. The van der Waals surface area contributed by atoms with Crippen molar-refractivity contribution in [2.24, 2.45) is 0 Å². The molecule has 0 unspecified atom stereocenters. The molecular weight excluding hydrogens is 524 g/mol. The minimum Gasteiger partial charge on any atom is -0.486 e. The molecule has 0 aromatic heterocycles. The van der Waals surface area contributed by atoms with Gasteiger partial charge >= 0.3 is 5.97 Å². The summed E-state index contributed by atoms with van der Waals surface area (Å²) in [5.74, 6) is -2.39. The quantitative estimate of drug-likeness (QED) is 0.350. The van der Waals surface area contributed by atoms with Gasteiger partial charge in [0.25, 0.3) is 10.0 Å². The number of rotatable bonds is 7. The molecule has 0 amide bonds. The average molecular weight is 548 g/mol. The molecule has 3 aromatic carbocycles. The van der Waals surface area contributed by atoms with Crippen LogP contribution in [-0.2, 0) is 14.8 Å². The lowest BCUT2D eigenvalue weighted by Gasteiger charge is -2.35. The molecule has 0 fully saturated rings. The number of carboxylic acids is 1. The van der Waals surface area contributed by atoms with E-state index in [9.17, 15) is 17.6 Å². The third kappa shape index (κ3) is 5.62. The predicted octanol–water partition coefficient (Wildman–Crippen LogP) is 6.31. The fourth-order valence-corrected chi connectivity index (χ4v) is 6.12. The molecule has 194 valence electrons. The average Bonchev–Trinajstić information content (AvgIpc) is 2.82. The van der Waals surface area contributed by atoms with Crippen molar-refractivity contribution in [1.29, 1.82) is 0 Å². The number of hydrogen-bond donors (Lipinski definition) is 1. The number of ether oxygens (including phenoxy) is 1. The number of benzene rings is 3. The predicted molar refractivity (Wildman–Crippen MR) is 138 cm³/mol. The normalized spacial score (nSPS) is 15.8. The molecule has 1 atom stereocenters. The number of allylic oxidation sites excluding steroid dienone is 1. The third-order valence-corrected chi connectivity index (χ3v) is 8.09. The Morgan fingerprint density at radius 3 is 2.57 bits per heavy atom. The van der Waals surface area contributed by atoms with E-state index < -0.39 is 33.7 Å². The molecule has 0 bridgehead atoms. The van der Waals surface area contributed by atoms with E-state index in [-0.39, 0.29) is 51.9 Å². The van der Waals surface area contributed by atoms with E-state index in [1.54, 1.807) is 26.0 Å². The molecule has 4 rings (SSSR count). The second-order valence-corrected chi connectivity index (χ2v) is 11.1. The topological polar surface area (TPSA) is 83.9 Å². The first-order chi connectivity index (χ1) is 17.5. The number of hydrogen-bond acceptors (Lipinski definition) is 4. The Labute approximate surface area is 218 Å². The first-order valence-electron chi connectivity index (χ1n) is 11.4. The van der Waals surface area contributed by atoms with Crippen LogP contribution in [0.5, 0.6) is 5.75 Å². The molecule has 3 aromatic rings. The van der Waals surface area contributed by atoms with E-state index in [1.165, 1.54) is 42.5 Å². The van der Waals surface area contributed by atoms with Gasteiger partial charge in [-0.25, -0.2) is 17.2 Å². The van der Waals surface area contributed by atoms with Gasteiger partial charge < -0.3 is 9.84 Å². The number of aliphatic carboxylic acids is 1. The van der Waals surface area contributed by atoms with Gasteiger partial charge in [-0.1, -0.05) is 29.8 Å². The summed E-state index contributed by atoms with van der Waals surface area (Å²) in [5, 5.41) is 9.23. The van der Waals surface area contributed by atoms with Crippen LogP contribution in [0.15, 0.2) is 59.5 Å². The zero-order valence-corrected chi connectivity index (χ0v) is 21.6. The highest BCUT2D eigenvalue weighted by Crippen LogP contribution is 2.40. The summed E-state index contributed by atoms with van der Waals surface area (Å²) < 4.78 is 63.9. The minimum atomic E-state index is -4.11. The Morgan fingerprint density at radius 2 is 1.89 bits per heavy atom. The van der Waals surface area contributed by atoms with Crippen LogP contribution in [0.2, 0.25) is 5.02 Å². The van der Waals surface area contributed by atoms with Gasteiger partial charge in [-0.05, 0) is 67.8 Å². The number of nitrogens with zero attached hydrogens (tertiary/aromatic N) is 1. The lowest BCUT2D eigenvalue weighted by atomic mass is 10.0. The number of carboxylic acid groups (broad SMARTS) is 1. The van der Waals surface area contributed by atoms with Crippen LogP contribution >= 0.6 is 11.6 Å². The van der Waals surface area contributed by atoms with Crippen LogP contribution in [0.25, 0.3) is 11.6 Å². The summed E-state index contributed by atoms with van der Waals surface area (Å²) in [5.41, 5.74) is 1.28. The maximum Gasteiger partial charge on any atom is 0.303 e. The van der Waals surface area contributed by atoms with Crippen LogP contribution in [-0.4, -0.2) is 32.1 Å². The highest BCUT2D eigenvalue weighted by atomic mass is 35.5. The Kier molecular flexibility index (Phi) is 7.57. The number of halogens is 3. The van der Waals surface area contributed by atoms with E-state index in [0.29, 0.717) is 5.57 Å². The lowest BCUT2D eigenvalue weighted by Crippen LogP contribution is -2.43. The molecule has 1 heterocycles. The molecule has 6 nitrogen and oxygen atoms in total. The van der Waals surface area contributed by atoms with Gasteiger partial charge in [0.05, 0.1) is 22.2 Å². The number of anilines is 1. The second kappa shape index (κ2) is 10.5. The van der Waals surface area contributed by atoms with Crippen molar-refractivity contribution in [2.75, 3.05) is 10.8 Å². The summed E-state index contributed by atoms with van der Waals surface area (Å²) in [4.78, 5) is 11.1. The van der Waals surface area contributed by atoms with Crippen LogP contribution in [0.3, 0.4) is 0 Å². The number of sulfonamides is 1. The highest BCUT2D eigenvalue weighted by Gasteiger charge is 2.35. The molecule has 0 saturated heterocycles. The molecule has 0 spiro atoms. The van der Waals surface area contributed by atoms with E-state index >= 15 is 4.39 Å². The molecule has 1 N–H and O–H groups in total. The summed E-state index contributed by atoms with van der Waals surface area (Å²) in [6, 6.07) is 12.9. The standard InChI is InChI=1S/C27H24ClF2NO5S/c1-16-5-3-6-20(11-16)37(34,35)31-15-19(9-10-26(32)33)36-25-14-23(30)18(13-24(25)31)12-17(2)27-21(28)7-4-8-22(27)29/h3-8,11-14,19H,9-10,15H2,1-2H3,(H,32,33)/b17-12+/t19-/m0/s1. The third-order valence-electron chi connectivity index (χ3n) is 6.00. The number of fused-ring (bicyclic) bond motifs is 1. The van der Waals surface area contributed by atoms with E-state index in [4.69, 9.17) is 21.4 Å². The van der Waals surface area contributed by atoms with Crippen LogP contribution in [0.4, 0.5) is 14.5 Å². The largest absolute Gasteiger partial charge is 0.486 e. The van der Waals surface area contributed by atoms with Crippen molar-refractivity contribution >= 4 is 44.9 Å². The van der Waals surface area contributed by atoms with Gasteiger partial charge in [-0.3, -0.25) is 9.10 Å². The van der Waals surface area contributed by atoms with Crippen molar-refractivity contribution in [2.45, 2.75) is 37.7 Å². The van der Waals surface area contributed by atoms with Crippen LogP contribution < -0.4 is 9.04 Å². The Hall–Kier alpha value is -3.43. The van der Waals surface area contributed by atoms with E-state index in [0.717, 1.165) is 15.9 Å². The first kappa shape index (κ1) is 26.6. The van der Waals surface area contributed by atoms with Crippen molar-refractivity contribution in [3.63, 3.8) is 0 Å². The second-order valence-electron chi connectivity index (χ2n) is 8.79. The van der Waals surface area contributed by atoms with Gasteiger partial charge in [0, 0.05) is 23.6 Å². The van der Waals surface area contributed by atoms with Gasteiger partial charge in [-0.15, -0.1) is 0 Å². The van der Waals surface area contributed by atoms with Crippen molar-refractivity contribution in [3.8, 4) is 5.75 Å². The molecule has 1 aliphatic heterocycles. The zero-order valence-electron chi connectivity index (χ0n) is 20.0. The molecule has 0 aliphatic carbocycles. The van der Waals surface area contributed by atoms with E-state index in [1.807, 2.05) is 0 Å². The number of aryl methyl sites for hydroxylation is 1. The molecule has 0 radical (unpaired) electrons. The summed E-state index contributed by atoms with van der Waals surface area (Å²) in [6.07, 6.45) is 0.365. The van der Waals surface area contributed by atoms with Gasteiger partial charge in [0.1, 0.15) is 23.5 Å². The Morgan fingerprint density at radius 1 is 1.16 bits per heavy atom. The maximum atomic E-state index is 15.2.